The SMILES string of the molecule is CC(=O)OC(C#N)=C1CCC(C#N)(c2ccc(OC(F)F)c(OC(F)F)c2)CC1. The number of allylic oxidation sites excluding steroid dienone is 2. The lowest BCUT2D eigenvalue weighted by Crippen LogP contribution is -2.28. The number of benzene rings is 1. The smallest absolute Gasteiger partial charge is 0.387 e. The molecule has 0 atom stereocenters. The zero-order valence-electron chi connectivity index (χ0n) is 15.3. The van der Waals surface area contributed by atoms with E-state index in [1.807, 2.05) is 6.07 Å². The maximum atomic E-state index is 12.7. The molecule has 1 saturated carbocycles. The average Bonchev–Trinajstić information content (AvgIpc) is 2.66. The van der Waals surface area contributed by atoms with Gasteiger partial charge in [0.1, 0.15) is 6.07 Å². The number of esters is 1. The number of nitrogens with zero attached hydrogens (tertiary/aromatic N) is 2. The van der Waals surface area contributed by atoms with E-state index in [0.717, 1.165) is 19.1 Å². The van der Waals surface area contributed by atoms with Crippen LogP contribution in [0.25, 0.3) is 0 Å². The van der Waals surface area contributed by atoms with E-state index in [-0.39, 0.29) is 31.4 Å². The number of halogens is 4. The van der Waals surface area contributed by atoms with E-state index < -0.39 is 36.1 Å². The lowest BCUT2D eigenvalue weighted by atomic mass is 9.69. The Kier molecular flexibility index (Phi) is 7.05. The van der Waals surface area contributed by atoms with Gasteiger partial charge in [0.2, 0.25) is 5.76 Å². The molecule has 29 heavy (non-hydrogen) atoms. The minimum absolute atomic E-state index is 0.119. The van der Waals surface area contributed by atoms with Crippen molar-refractivity contribution in [2.75, 3.05) is 0 Å². The number of carbonyl (C=O) groups excluding carboxylic acids is 1. The summed E-state index contributed by atoms with van der Waals surface area (Å²) in [6, 6.07) is 7.42. The van der Waals surface area contributed by atoms with Gasteiger partial charge in [0.05, 0.1) is 11.5 Å². The summed E-state index contributed by atoms with van der Waals surface area (Å²) in [4.78, 5) is 11.1. The number of carbonyl (C=O) groups is 1. The first-order valence-electron chi connectivity index (χ1n) is 8.46. The number of ether oxygens (including phenoxy) is 3. The third-order valence-electron chi connectivity index (χ3n) is 4.52. The van der Waals surface area contributed by atoms with Crippen molar-refractivity contribution >= 4 is 5.97 Å². The largest absolute Gasteiger partial charge is 0.431 e. The van der Waals surface area contributed by atoms with Crippen molar-refractivity contribution in [2.24, 2.45) is 0 Å². The summed E-state index contributed by atoms with van der Waals surface area (Å²) in [5, 5.41) is 18.9. The Morgan fingerprint density at radius 2 is 1.66 bits per heavy atom. The molecular weight excluding hydrogens is 396 g/mol. The van der Waals surface area contributed by atoms with Gasteiger partial charge in [-0.1, -0.05) is 6.07 Å². The first kappa shape index (κ1) is 22.0. The Balaban J connectivity index is 2.35. The topological polar surface area (TPSA) is 92.3 Å². The van der Waals surface area contributed by atoms with Crippen molar-refractivity contribution in [1.82, 2.24) is 0 Å². The molecule has 1 aliphatic carbocycles. The standard InChI is InChI=1S/C19H16F4N2O4/c1-11(26)27-16(9-24)12-4-6-19(10-25,7-5-12)13-2-3-14(28-17(20)21)15(8-13)29-18(22)23/h2-3,8,17-18H,4-7H2,1H3. The van der Waals surface area contributed by atoms with Crippen LogP contribution in [0.4, 0.5) is 17.6 Å². The maximum Gasteiger partial charge on any atom is 0.387 e. The molecule has 1 aromatic carbocycles. The van der Waals surface area contributed by atoms with Gasteiger partial charge < -0.3 is 14.2 Å². The first-order chi connectivity index (χ1) is 13.7. The summed E-state index contributed by atoms with van der Waals surface area (Å²) in [5.41, 5.74) is -0.262. The van der Waals surface area contributed by atoms with Gasteiger partial charge in [-0.15, -0.1) is 0 Å². The predicted octanol–water partition coefficient (Wildman–Crippen LogP) is 4.57. The van der Waals surface area contributed by atoms with Crippen molar-refractivity contribution in [3.63, 3.8) is 0 Å². The van der Waals surface area contributed by atoms with Crippen LogP contribution in [-0.4, -0.2) is 19.2 Å². The van der Waals surface area contributed by atoms with Crippen molar-refractivity contribution in [1.29, 1.82) is 10.5 Å². The summed E-state index contributed by atoms with van der Waals surface area (Å²) < 4.78 is 63.6. The fourth-order valence-corrected chi connectivity index (χ4v) is 3.18. The number of rotatable bonds is 6. The van der Waals surface area contributed by atoms with Crippen LogP contribution in [-0.2, 0) is 14.9 Å². The van der Waals surface area contributed by atoms with Gasteiger partial charge in [0, 0.05) is 6.92 Å². The second kappa shape index (κ2) is 9.28. The minimum atomic E-state index is -3.27. The maximum absolute atomic E-state index is 12.7. The molecule has 0 heterocycles. The normalized spacial score (nSPS) is 18.7. The van der Waals surface area contributed by atoms with Crippen LogP contribution in [0.15, 0.2) is 29.5 Å². The van der Waals surface area contributed by atoms with E-state index in [2.05, 4.69) is 15.5 Å². The van der Waals surface area contributed by atoms with E-state index >= 15 is 0 Å². The number of hydrogen-bond donors (Lipinski definition) is 0. The quantitative estimate of drug-likeness (QED) is 0.294. The lowest BCUT2D eigenvalue weighted by molar-refractivity contribution is -0.136. The molecule has 2 rings (SSSR count). The van der Waals surface area contributed by atoms with Crippen LogP contribution in [0.5, 0.6) is 11.5 Å². The summed E-state index contributed by atoms with van der Waals surface area (Å²) in [6.45, 7) is -5.35. The van der Waals surface area contributed by atoms with Crippen LogP contribution in [0.1, 0.15) is 38.2 Å². The number of hydrogen-bond acceptors (Lipinski definition) is 6. The molecule has 1 aliphatic rings. The van der Waals surface area contributed by atoms with Gasteiger partial charge in [-0.05, 0) is 49.0 Å². The summed E-state index contributed by atoms with van der Waals surface area (Å²) in [5.74, 6) is -1.94. The molecule has 1 aromatic rings. The zero-order valence-corrected chi connectivity index (χ0v) is 15.3. The van der Waals surface area contributed by atoms with Crippen molar-refractivity contribution in [3.8, 4) is 23.6 Å². The monoisotopic (exact) mass is 412 g/mol. The average molecular weight is 412 g/mol. The second-order valence-electron chi connectivity index (χ2n) is 6.25. The summed E-state index contributed by atoms with van der Waals surface area (Å²) >= 11 is 0. The number of alkyl halides is 4. The van der Waals surface area contributed by atoms with Gasteiger partial charge in [-0.25, -0.2) is 0 Å². The van der Waals surface area contributed by atoms with Crippen molar-refractivity contribution in [2.45, 2.75) is 51.2 Å². The van der Waals surface area contributed by atoms with Gasteiger partial charge >= 0.3 is 19.2 Å². The second-order valence-corrected chi connectivity index (χ2v) is 6.25. The van der Waals surface area contributed by atoms with Gasteiger partial charge in [-0.2, -0.15) is 28.1 Å². The molecule has 6 nitrogen and oxygen atoms in total. The van der Waals surface area contributed by atoms with Gasteiger partial charge in [0.25, 0.3) is 0 Å². The predicted molar refractivity (Wildman–Crippen MR) is 89.9 cm³/mol. The Labute approximate surface area is 163 Å². The first-order valence-corrected chi connectivity index (χ1v) is 8.46. The molecule has 0 amide bonds. The Hall–Kier alpha value is -3.27. The molecule has 0 aliphatic heterocycles. The van der Waals surface area contributed by atoms with Crippen molar-refractivity contribution < 1.29 is 36.6 Å². The van der Waals surface area contributed by atoms with Crippen LogP contribution < -0.4 is 9.47 Å². The van der Waals surface area contributed by atoms with E-state index in [1.165, 1.54) is 6.07 Å². The van der Waals surface area contributed by atoms with E-state index in [1.54, 1.807) is 0 Å². The van der Waals surface area contributed by atoms with E-state index in [0.29, 0.717) is 11.1 Å². The molecule has 1 fully saturated rings. The Bertz CT molecular complexity index is 877. The highest BCUT2D eigenvalue weighted by molar-refractivity contribution is 5.68. The van der Waals surface area contributed by atoms with Crippen LogP contribution in [0.2, 0.25) is 0 Å². The number of nitriles is 2. The van der Waals surface area contributed by atoms with Crippen LogP contribution in [0, 0.1) is 22.7 Å². The molecule has 10 heteroatoms. The zero-order chi connectivity index (χ0) is 21.6. The van der Waals surface area contributed by atoms with Crippen LogP contribution >= 0.6 is 0 Å². The molecule has 0 aromatic heterocycles. The van der Waals surface area contributed by atoms with Gasteiger partial charge in [-0.3, -0.25) is 4.79 Å². The van der Waals surface area contributed by atoms with Crippen molar-refractivity contribution in [3.05, 3.63) is 35.1 Å². The molecule has 0 radical (unpaired) electrons. The highest BCUT2D eigenvalue weighted by atomic mass is 19.3. The third kappa shape index (κ3) is 5.38. The summed E-state index contributed by atoms with van der Waals surface area (Å²) in [6.07, 6.45) is 0.914. The lowest BCUT2D eigenvalue weighted by Gasteiger charge is -2.33. The highest BCUT2D eigenvalue weighted by Crippen LogP contribution is 2.44. The molecule has 0 unspecified atom stereocenters. The molecule has 154 valence electrons. The third-order valence-corrected chi connectivity index (χ3v) is 4.52. The Morgan fingerprint density at radius 1 is 1.07 bits per heavy atom. The van der Waals surface area contributed by atoms with E-state index in [4.69, 9.17) is 10.00 Å². The van der Waals surface area contributed by atoms with Gasteiger partial charge in [0.15, 0.2) is 11.5 Å². The molecule has 0 spiro atoms. The highest BCUT2D eigenvalue weighted by Gasteiger charge is 2.37. The fraction of sp³-hybridized carbons (Fsp3) is 0.421. The van der Waals surface area contributed by atoms with E-state index in [9.17, 15) is 27.6 Å². The molecule has 0 saturated heterocycles. The van der Waals surface area contributed by atoms with Crippen LogP contribution in [0.3, 0.4) is 0 Å². The fourth-order valence-electron chi connectivity index (χ4n) is 3.18. The molecule has 0 bridgehead atoms. The molecule has 0 N–H and O–H groups in total. The summed E-state index contributed by atoms with van der Waals surface area (Å²) in [7, 11) is 0. The molecular formula is C19H16F4N2O4. The Morgan fingerprint density at radius 3 is 2.14 bits per heavy atom. The minimum Gasteiger partial charge on any atom is -0.431 e.